The third kappa shape index (κ3) is 4.52. The van der Waals surface area contributed by atoms with Gasteiger partial charge in [-0.3, -0.25) is 9.59 Å². The van der Waals surface area contributed by atoms with E-state index in [1.54, 1.807) is 31.4 Å². The molecule has 0 bridgehead atoms. The zero-order chi connectivity index (χ0) is 15.9. The average Bonchev–Trinajstić information content (AvgIpc) is 2.93. The maximum atomic E-state index is 12.0. The van der Waals surface area contributed by atoms with E-state index in [9.17, 15) is 9.59 Å². The molecule has 0 aliphatic heterocycles. The summed E-state index contributed by atoms with van der Waals surface area (Å²) in [5.74, 6) is 0.274. The minimum Gasteiger partial charge on any atom is -0.497 e. The van der Waals surface area contributed by atoms with Crippen LogP contribution in [0.2, 0.25) is 0 Å². The average molecular weight is 320 g/mol. The van der Waals surface area contributed by atoms with Gasteiger partial charge in [-0.1, -0.05) is 17.4 Å². The highest BCUT2D eigenvalue weighted by Gasteiger charge is 2.08. The predicted molar refractivity (Wildman–Crippen MR) is 83.2 cm³/mol. The van der Waals surface area contributed by atoms with Crippen molar-refractivity contribution in [3.8, 4) is 5.75 Å². The Kier molecular flexibility index (Phi) is 5.42. The Morgan fingerprint density at radius 3 is 2.86 bits per heavy atom. The molecule has 116 valence electrons. The van der Waals surface area contributed by atoms with Crippen LogP contribution in [0.4, 0.5) is 5.13 Å². The quantitative estimate of drug-likeness (QED) is 0.841. The highest BCUT2D eigenvalue weighted by molar-refractivity contribution is 7.15. The fourth-order valence-corrected chi connectivity index (χ4v) is 2.49. The third-order valence-electron chi connectivity index (χ3n) is 2.71. The Morgan fingerprint density at radius 1 is 1.32 bits per heavy atom. The number of methoxy groups -OCH3 is 1. The van der Waals surface area contributed by atoms with E-state index in [0.717, 1.165) is 5.01 Å². The molecule has 0 fully saturated rings. The number of rotatable bonds is 6. The summed E-state index contributed by atoms with van der Waals surface area (Å²) in [6.07, 6.45) is 0.549. The van der Waals surface area contributed by atoms with E-state index in [1.165, 1.54) is 18.3 Å². The lowest BCUT2D eigenvalue weighted by molar-refractivity contribution is -0.114. The molecule has 2 amide bonds. The number of anilines is 1. The molecule has 0 radical (unpaired) electrons. The van der Waals surface area contributed by atoms with Gasteiger partial charge in [0.1, 0.15) is 10.8 Å². The Bertz CT molecular complexity index is 672. The van der Waals surface area contributed by atoms with Crippen LogP contribution in [0.1, 0.15) is 22.3 Å². The predicted octanol–water partition coefficient (Wildman–Crippen LogP) is 1.48. The molecule has 7 nitrogen and oxygen atoms in total. The van der Waals surface area contributed by atoms with Gasteiger partial charge < -0.3 is 15.4 Å². The van der Waals surface area contributed by atoms with Crippen molar-refractivity contribution in [1.82, 2.24) is 15.5 Å². The summed E-state index contributed by atoms with van der Waals surface area (Å²) in [5.41, 5.74) is 0.538. The number of benzene rings is 1. The molecule has 0 spiro atoms. The number of nitrogens with one attached hydrogen (secondary N) is 2. The number of carbonyl (C=O) groups is 2. The van der Waals surface area contributed by atoms with Crippen molar-refractivity contribution in [3.05, 3.63) is 34.8 Å². The molecular formula is C14H16N4O3S. The molecule has 8 heteroatoms. The summed E-state index contributed by atoms with van der Waals surface area (Å²) in [6, 6.07) is 6.94. The minimum atomic E-state index is -0.186. The van der Waals surface area contributed by atoms with Gasteiger partial charge in [-0.05, 0) is 18.2 Å². The maximum Gasteiger partial charge on any atom is 0.251 e. The first-order valence-electron chi connectivity index (χ1n) is 6.60. The molecule has 0 saturated carbocycles. The van der Waals surface area contributed by atoms with Crippen molar-refractivity contribution in [2.24, 2.45) is 0 Å². The van der Waals surface area contributed by atoms with Gasteiger partial charge in [-0.15, -0.1) is 10.2 Å². The Morgan fingerprint density at radius 2 is 2.14 bits per heavy atom. The monoisotopic (exact) mass is 320 g/mol. The summed E-state index contributed by atoms with van der Waals surface area (Å²) in [5, 5.41) is 14.4. The van der Waals surface area contributed by atoms with Crippen molar-refractivity contribution >= 4 is 28.3 Å². The van der Waals surface area contributed by atoms with Crippen LogP contribution in [0.25, 0.3) is 0 Å². The highest BCUT2D eigenvalue weighted by atomic mass is 32.1. The van der Waals surface area contributed by atoms with Gasteiger partial charge in [0.2, 0.25) is 11.0 Å². The first-order chi connectivity index (χ1) is 10.6. The molecule has 1 aromatic carbocycles. The van der Waals surface area contributed by atoms with Crippen LogP contribution >= 0.6 is 11.3 Å². The molecule has 0 atom stereocenters. The van der Waals surface area contributed by atoms with Crippen molar-refractivity contribution in [2.45, 2.75) is 13.3 Å². The number of hydrogen-bond acceptors (Lipinski definition) is 6. The number of carbonyl (C=O) groups excluding carboxylic acids is 2. The minimum absolute atomic E-state index is 0.175. The summed E-state index contributed by atoms with van der Waals surface area (Å²) in [4.78, 5) is 22.9. The van der Waals surface area contributed by atoms with E-state index >= 15 is 0 Å². The van der Waals surface area contributed by atoms with E-state index < -0.39 is 0 Å². The van der Waals surface area contributed by atoms with Gasteiger partial charge in [0, 0.05) is 25.5 Å². The second kappa shape index (κ2) is 7.51. The van der Waals surface area contributed by atoms with Crippen LogP contribution in [0.15, 0.2) is 24.3 Å². The maximum absolute atomic E-state index is 12.0. The van der Waals surface area contributed by atoms with Crippen LogP contribution < -0.4 is 15.4 Å². The second-order valence-electron chi connectivity index (χ2n) is 4.42. The fraction of sp³-hybridized carbons (Fsp3) is 0.286. The molecule has 2 aromatic rings. The van der Waals surface area contributed by atoms with Crippen LogP contribution in [-0.2, 0) is 11.2 Å². The van der Waals surface area contributed by atoms with Gasteiger partial charge in [0.25, 0.3) is 5.91 Å². The van der Waals surface area contributed by atoms with Crippen molar-refractivity contribution in [1.29, 1.82) is 0 Å². The SMILES string of the molecule is COc1cccc(C(=O)NCCc2nnc(NC(C)=O)s2)c1. The summed E-state index contributed by atoms with van der Waals surface area (Å²) < 4.78 is 5.08. The highest BCUT2D eigenvalue weighted by Crippen LogP contribution is 2.15. The number of hydrogen-bond donors (Lipinski definition) is 2. The number of aromatic nitrogens is 2. The van der Waals surface area contributed by atoms with E-state index in [4.69, 9.17) is 4.74 Å². The Balaban J connectivity index is 1.83. The van der Waals surface area contributed by atoms with Crippen LogP contribution in [0.3, 0.4) is 0 Å². The zero-order valence-corrected chi connectivity index (χ0v) is 13.1. The fourth-order valence-electron chi connectivity index (χ4n) is 1.71. The lowest BCUT2D eigenvalue weighted by Crippen LogP contribution is -2.25. The summed E-state index contributed by atoms with van der Waals surface area (Å²) in [7, 11) is 1.55. The number of ether oxygens (including phenoxy) is 1. The first-order valence-corrected chi connectivity index (χ1v) is 7.42. The van der Waals surface area contributed by atoms with Crippen molar-refractivity contribution in [2.75, 3.05) is 19.0 Å². The molecule has 1 aromatic heterocycles. The van der Waals surface area contributed by atoms with Gasteiger partial charge in [0.05, 0.1) is 7.11 Å². The lowest BCUT2D eigenvalue weighted by Gasteiger charge is -2.05. The van der Waals surface area contributed by atoms with E-state index in [-0.39, 0.29) is 11.8 Å². The molecule has 2 N–H and O–H groups in total. The molecular weight excluding hydrogens is 304 g/mol. The smallest absolute Gasteiger partial charge is 0.251 e. The van der Waals surface area contributed by atoms with E-state index in [1.807, 2.05) is 0 Å². The molecule has 0 saturated heterocycles. The van der Waals surface area contributed by atoms with Gasteiger partial charge >= 0.3 is 0 Å². The molecule has 0 unspecified atom stereocenters. The number of amides is 2. The summed E-state index contributed by atoms with van der Waals surface area (Å²) in [6.45, 7) is 1.85. The lowest BCUT2D eigenvalue weighted by atomic mass is 10.2. The molecule has 2 rings (SSSR count). The standard InChI is InChI=1S/C14H16N4O3S/c1-9(19)16-14-18-17-12(22-14)6-7-15-13(20)10-4-3-5-11(8-10)21-2/h3-5,8H,6-7H2,1-2H3,(H,15,20)(H,16,18,19). The largest absolute Gasteiger partial charge is 0.497 e. The molecule has 0 aliphatic rings. The zero-order valence-electron chi connectivity index (χ0n) is 12.3. The van der Waals surface area contributed by atoms with Crippen molar-refractivity contribution < 1.29 is 14.3 Å². The molecule has 1 heterocycles. The van der Waals surface area contributed by atoms with E-state index in [0.29, 0.717) is 29.4 Å². The normalized spacial score (nSPS) is 10.1. The van der Waals surface area contributed by atoms with Gasteiger partial charge in [-0.2, -0.15) is 0 Å². The molecule has 0 aliphatic carbocycles. The van der Waals surface area contributed by atoms with Crippen LogP contribution in [-0.4, -0.2) is 35.7 Å². The number of nitrogens with zero attached hydrogens (tertiary/aromatic N) is 2. The second-order valence-corrected chi connectivity index (χ2v) is 5.48. The van der Waals surface area contributed by atoms with Crippen molar-refractivity contribution in [3.63, 3.8) is 0 Å². The Labute approximate surface area is 131 Å². The Hall–Kier alpha value is -2.48. The first kappa shape index (κ1) is 15.9. The van der Waals surface area contributed by atoms with Gasteiger partial charge in [0.15, 0.2) is 0 Å². The topological polar surface area (TPSA) is 93.2 Å². The summed E-state index contributed by atoms with van der Waals surface area (Å²) >= 11 is 1.29. The van der Waals surface area contributed by atoms with E-state index in [2.05, 4.69) is 20.8 Å². The van der Waals surface area contributed by atoms with Gasteiger partial charge in [-0.25, -0.2) is 0 Å². The van der Waals surface area contributed by atoms with Crippen LogP contribution in [0.5, 0.6) is 5.75 Å². The van der Waals surface area contributed by atoms with Crippen LogP contribution in [0, 0.1) is 0 Å². The molecule has 22 heavy (non-hydrogen) atoms. The third-order valence-corrected chi connectivity index (χ3v) is 3.60.